The number of hydrogen-bond acceptors (Lipinski definition) is 8. The van der Waals surface area contributed by atoms with Crippen molar-refractivity contribution in [3.8, 4) is 0 Å². The third-order valence-electron chi connectivity index (χ3n) is 5.04. The summed E-state index contributed by atoms with van der Waals surface area (Å²) in [6.45, 7) is -0.464. The normalized spacial score (nSPS) is 17.0. The quantitative estimate of drug-likeness (QED) is 0.539. The first-order chi connectivity index (χ1) is 15.6. The average molecular weight is 473 g/mol. The summed E-state index contributed by atoms with van der Waals surface area (Å²) in [4.78, 5) is 21.6. The molecule has 0 saturated carbocycles. The van der Waals surface area contributed by atoms with E-state index in [9.17, 15) is 26.3 Å². The van der Waals surface area contributed by atoms with Gasteiger partial charge in [0.25, 0.3) is 0 Å². The van der Waals surface area contributed by atoms with Crippen molar-refractivity contribution < 1.29 is 31.1 Å². The fourth-order valence-electron chi connectivity index (χ4n) is 3.60. The number of hydrogen-bond donors (Lipinski definition) is 1. The summed E-state index contributed by atoms with van der Waals surface area (Å²) in [6, 6.07) is 2.05. The number of ether oxygens (including phenoxy) is 1. The van der Waals surface area contributed by atoms with Crippen LogP contribution in [0.4, 0.5) is 38.1 Å². The van der Waals surface area contributed by atoms with Gasteiger partial charge >= 0.3 is 12.5 Å². The minimum absolute atomic E-state index is 0.0965. The molecule has 33 heavy (non-hydrogen) atoms. The van der Waals surface area contributed by atoms with Crippen LogP contribution in [0.3, 0.4) is 0 Å². The Labute approximate surface area is 183 Å². The topological polar surface area (TPSA) is 89.0 Å². The minimum atomic E-state index is -4.77. The van der Waals surface area contributed by atoms with Crippen LogP contribution < -0.4 is 10.2 Å². The van der Waals surface area contributed by atoms with E-state index in [2.05, 4.69) is 35.0 Å². The molecule has 1 unspecified atom stereocenters. The number of anilines is 2. The molecular formula is C19H17F6N7O. The maximum absolute atomic E-state index is 13.3. The molecule has 176 valence electrons. The minimum Gasteiger partial charge on any atom is -0.365 e. The van der Waals surface area contributed by atoms with E-state index in [4.69, 9.17) is 0 Å². The van der Waals surface area contributed by atoms with E-state index in [1.165, 1.54) is 24.7 Å². The molecule has 1 fully saturated rings. The SMILES string of the molecule is FC(F)(F)OCC1CCCN1c1nc(NCc2cccnc2C(F)(F)F)c2cncnc2n1. The first-order valence-electron chi connectivity index (χ1n) is 9.82. The predicted octanol–water partition coefficient (Wildman–Crippen LogP) is 3.95. The molecule has 0 radical (unpaired) electrons. The standard InChI is InChI=1S/C19H17F6N7O/c20-18(21,22)14-11(3-1-5-27-14)7-28-15-13-8-26-10-29-16(13)31-17(30-15)32-6-2-4-12(32)9-33-19(23,24)25/h1,3,5,8,10,12H,2,4,6-7,9H2,(H,26,28,29,30,31). The molecule has 0 aliphatic carbocycles. The van der Waals surface area contributed by atoms with Crippen molar-refractivity contribution in [2.75, 3.05) is 23.4 Å². The van der Waals surface area contributed by atoms with Gasteiger partial charge in [-0.1, -0.05) is 6.07 Å². The first kappa shape index (κ1) is 22.9. The Morgan fingerprint density at radius 3 is 2.70 bits per heavy atom. The number of pyridine rings is 1. The van der Waals surface area contributed by atoms with Gasteiger partial charge in [0.2, 0.25) is 5.95 Å². The number of aromatic nitrogens is 5. The molecule has 8 nitrogen and oxygen atoms in total. The number of nitrogens with zero attached hydrogens (tertiary/aromatic N) is 6. The fourth-order valence-corrected chi connectivity index (χ4v) is 3.60. The Kier molecular flexibility index (Phi) is 6.19. The largest absolute Gasteiger partial charge is 0.522 e. The Morgan fingerprint density at radius 2 is 1.94 bits per heavy atom. The molecule has 3 aromatic rings. The van der Waals surface area contributed by atoms with E-state index < -0.39 is 30.9 Å². The van der Waals surface area contributed by atoms with E-state index in [0.29, 0.717) is 24.8 Å². The fraction of sp³-hybridized carbons (Fsp3) is 0.421. The Morgan fingerprint density at radius 1 is 1.12 bits per heavy atom. The van der Waals surface area contributed by atoms with Crippen molar-refractivity contribution in [2.24, 2.45) is 0 Å². The summed E-state index contributed by atoms with van der Waals surface area (Å²) < 4.78 is 81.3. The van der Waals surface area contributed by atoms with Crippen LogP contribution in [0.2, 0.25) is 0 Å². The van der Waals surface area contributed by atoms with E-state index in [0.717, 1.165) is 6.20 Å². The zero-order valence-electron chi connectivity index (χ0n) is 16.9. The molecule has 1 atom stereocenters. The molecule has 14 heteroatoms. The van der Waals surface area contributed by atoms with Gasteiger partial charge in [-0.05, 0) is 18.9 Å². The maximum atomic E-state index is 13.3. The number of fused-ring (bicyclic) bond motifs is 1. The second-order valence-electron chi connectivity index (χ2n) is 7.24. The van der Waals surface area contributed by atoms with Crippen molar-refractivity contribution in [1.82, 2.24) is 24.9 Å². The lowest BCUT2D eigenvalue weighted by molar-refractivity contribution is -0.325. The number of rotatable bonds is 6. The van der Waals surface area contributed by atoms with Gasteiger partial charge in [0.15, 0.2) is 5.65 Å². The van der Waals surface area contributed by atoms with Crippen molar-refractivity contribution in [3.63, 3.8) is 0 Å². The average Bonchev–Trinajstić information content (AvgIpc) is 3.24. The summed E-state index contributed by atoms with van der Waals surface area (Å²) in [5, 5.41) is 3.19. The van der Waals surface area contributed by atoms with Gasteiger partial charge in [-0.15, -0.1) is 13.2 Å². The van der Waals surface area contributed by atoms with E-state index in [-0.39, 0.29) is 29.5 Å². The van der Waals surface area contributed by atoms with Gasteiger partial charge in [0.05, 0.1) is 18.0 Å². The zero-order chi connectivity index (χ0) is 23.6. The van der Waals surface area contributed by atoms with Crippen LogP contribution in [0, 0.1) is 0 Å². The molecule has 1 saturated heterocycles. The molecule has 4 rings (SSSR count). The highest BCUT2D eigenvalue weighted by atomic mass is 19.4. The van der Waals surface area contributed by atoms with Gasteiger partial charge < -0.3 is 10.2 Å². The maximum Gasteiger partial charge on any atom is 0.522 e. The van der Waals surface area contributed by atoms with Crippen molar-refractivity contribution in [3.05, 3.63) is 42.1 Å². The molecular weight excluding hydrogens is 456 g/mol. The zero-order valence-corrected chi connectivity index (χ0v) is 16.9. The third kappa shape index (κ3) is 5.38. The lowest BCUT2D eigenvalue weighted by Gasteiger charge is -2.25. The smallest absolute Gasteiger partial charge is 0.365 e. The summed E-state index contributed by atoms with van der Waals surface area (Å²) in [5.74, 6) is 0.245. The second-order valence-corrected chi connectivity index (χ2v) is 7.24. The molecule has 3 aromatic heterocycles. The van der Waals surface area contributed by atoms with Crippen LogP contribution >= 0.6 is 0 Å². The van der Waals surface area contributed by atoms with Gasteiger partial charge in [-0.25, -0.2) is 9.97 Å². The monoisotopic (exact) mass is 473 g/mol. The van der Waals surface area contributed by atoms with Gasteiger partial charge in [0.1, 0.15) is 17.8 Å². The lowest BCUT2D eigenvalue weighted by Crippen LogP contribution is -2.36. The molecule has 1 N–H and O–H groups in total. The Balaban J connectivity index is 1.63. The number of nitrogens with one attached hydrogen (secondary N) is 1. The molecule has 1 aliphatic heterocycles. The number of halogens is 6. The van der Waals surface area contributed by atoms with Crippen molar-refractivity contribution >= 4 is 22.8 Å². The summed E-state index contributed by atoms with van der Waals surface area (Å²) in [5.41, 5.74) is -0.939. The Bertz CT molecular complexity index is 1120. The number of alkyl halides is 6. The van der Waals surface area contributed by atoms with Crippen LogP contribution in [0.25, 0.3) is 11.0 Å². The first-order valence-corrected chi connectivity index (χ1v) is 9.82. The van der Waals surface area contributed by atoms with E-state index >= 15 is 0 Å². The second kappa shape index (κ2) is 8.92. The van der Waals surface area contributed by atoms with Gasteiger partial charge in [0, 0.05) is 31.0 Å². The highest BCUT2D eigenvalue weighted by molar-refractivity contribution is 5.86. The molecule has 0 aromatic carbocycles. The summed E-state index contributed by atoms with van der Waals surface area (Å²) >= 11 is 0. The molecule has 0 bridgehead atoms. The summed E-state index contributed by atoms with van der Waals surface area (Å²) in [6.07, 6.45) is -4.68. The highest BCUT2D eigenvalue weighted by Gasteiger charge is 2.36. The van der Waals surface area contributed by atoms with Crippen LogP contribution in [0.5, 0.6) is 0 Å². The third-order valence-corrected chi connectivity index (χ3v) is 5.04. The highest BCUT2D eigenvalue weighted by Crippen LogP contribution is 2.32. The summed E-state index contributed by atoms with van der Waals surface area (Å²) in [7, 11) is 0. The lowest BCUT2D eigenvalue weighted by atomic mass is 10.2. The van der Waals surface area contributed by atoms with E-state index in [1.54, 1.807) is 4.90 Å². The van der Waals surface area contributed by atoms with Gasteiger partial charge in [-0.3, -0.25) is 9.72 Å². The van der Waals surface area contributed by atoms with Crippen molar-refractivity contribution in [2.45, 2.75) is 38.0 Å². The molecule has 1 aliphatic rings. The molecule has 4 heterocycles. The van der Waals surface area contributed by atoms with Crippen LogP contribution in [0.15, 0.2) is 30.9 Å². The van der Waals surface area contributed by atoms with Crippen LogP contribution in [-0.4, -0.2) is 50.5 Å². The van der Waals surface area contributed by atoms with Crippen LogP contribution in [-0.2, 0) is 17.5 Å². The predicted molar refractivity (Wildman–Crippen MR) is 104 cm³/mol. The molecule has 0 spiro atoms. The molecule has 0 amide bonds. The van der Waals surface area contributed by atoms with E-state index in [1.807, 2.05) is 0 Å². The van der Waals surface area contributed by atoms with Gasteiger partial charge in [-0.2, -0.15) is 23.1 Å². The van der Waals surface area contributed by atoms with Crippen molar-refractivity contribution in [1.29, 1.82) is 0 Å². The Hall–Kier alpha value is -3.29. The van der Waals surface area contributed by atoms with Crippen LogP contribution in [0.1, 0.15) is 24.1 Å².